The standard InChI is InChI=1S/C21H26ClN3O/c1-16(18-7-9-19(22)10-8-18)23-13-21(26)24-20-11-12-25(15-20)14-17-5-3-2-4-6-17/h2-10,16,20,23H,11-15H2,1H3,(H,24,26)/p+2/t16-,20-/m0/s1. The summed E-state index contributed by atoms with van der Waals surface area (Å²) in [5, 5.41) is 6.01. The van der Waals surface area contributed by atoms with Crippen molar-refractivity contribution in [2.24, 2.45) is 0 Å². The van der Waals surface area contributed by atoms with Crippen LogP contribution in [0.15, 0.2) is 54.6 Å². The van der Waals surface area contributed by atoms with Gasteiger partial charge in [-0.2, -0.15) is 0 Å². The van der Waals surface area contributed by atoms with Crippen LogP contribution in [0.2, 0.25) is 5.02 Å². The minimum absolute atomic E-state index is 0.122. The molecule has 138 valence electrons. The topological polar surface area (TPSA) is 50.1 Å². The fraction of sp³-hybridized carbons (Fsp3) is 0.381. The van der Waals surface area contributed by atoms with E-state index in [1.807, 2.05) is 30.3 Å². The van der Waals surface area contributed by atoms with Crippen molar-refractivity contribution in [2.45, 2.75) is 32.0 Å². The smallest absolute Gasteiger partial charge is 0.275 e. The molecule has 0 spiro atoms. The SMILES string of the molecule is C[C@H]([NH2+]CC(=O)N[C@H]1CC[NH+](Cc2ccccc2)C1)c1ccc(Cl)cc1. The molecule has 1 aliphatic heterocycles. The predicted octanol–water partition coefficient (Wildman–Crippen LogP) is 0.938. The number of halogens is 1. The molecule has 0 saturated carbocycles. The molecule has 4 N–H and O–H groups in total. The number of amides is 1. The monoisotopic (exact) mass is 373 g/mol. The lowest BCUT2D eigenvalue weighted by Gasteiger charge is -2.15. The first-order chi connectivity index (χ1) is 12.6. The lowest BCUT2D eigenvalue weighted by Crippen LogP contribution is -3.09. The summed E-state index contributed by atoms with van der Waals surface area (Å²) in [7, 11) is 0. The van der Waals surface area contributed by atoms with Gasteiger partial charge in [-0.3, -0.25) is 4.79 Å². The van der Waals surface area contributed by atoms with Crippen molar-refractivity contribution in [1.29, 1.82) is 0 Å². The zero-order valence-corrected chi connectivity index (χ0v) is 16.0. The van der Waals surface area contributed by atoms with Gasteiger partial charge < -0.3 is 15.5 Å². The molecule has 3 atom stereocenters. The summed E-state index contributed by atoms with van der Waals surface area (Å²) in [6.45, 7) is 5.72. The van der Waals surface area contributed by atoms with Gasteiger partial charge in [0.1, 0.15) is 12.6 Å². The van der Waals surface area contributed by atoms with E-state index in [4.69, 9.17) is 11.6 Å². The number of hydrogen-bond donors (Lipinski definition) is 3. The molecule has 5 heteroatoms. The molecule has 0 aliphatic carbocycles. The zero-order valence-electron chi connectivity index (χ0n) is 15.2. The summed E-state index contributed by atoms with van der Waals surface area (Å²) in [6.07, 6.45) is 1.06. The second-order valence-electron chi connectivity index (χ2n) is 7.20. The molecule has 1 heterocycles. The molecule has 2 aromatic rings. The Balaban J connectivity index is 1.39. The van der Waals surface area contributed by atoms with E-state index in [9.17, 15) is 4.79 Å². The molecular weight excluding hydrogens is 346 g/mol. The summed E-state index contributed by atoms with van der Waals surface area (Å²) in [6, 6.07) is 18.9. The normalized spacial score (nSPS) is 20.7. The highest BCUT2D eigenvalue weighted by Gasteiger charge is 2.27. The van der Waals surface area contributed by atoms with Gasteiger partial charge >= 0.3 is 0 Å². The molecule has 0 aromatic heterocycles. The summed E-state index contributed by atoms with van der Waals surface area (Å²) in [5.41, 5.74) is 2.54. The Morgan fingerprint density at radius 1 is 1.23 bits per heavy atom. The molecule has 3 rings (SSSR count). The minimum Gasteiger partial charge on any atom is -0.343 e. The summed E-state index contributed by atoms with van der Waals surface area (Å²) >= 11 is 5.93. The van der Waals surface area contributed by atoms with Crippen LogP contribution in [0.5, 0.6) is 0 Å². The van der Waals surface area contributed by atoms with Crippen molar-refractivity contribution in [3.63, 3.8) is 0 Å². The summed E-state index contributed by atoms with van der Waals surface area (Å²) in [5.74, 6) is 0.122. The summed E-state index contributed by atoms with van der Waals surface area (Å²) < 4.78 is 0. The lowest BCUT2D eigenvalue weighted by atomic mass is 10.1. The first-order valence-electron chi connectivity index (χ1n) is 9.36. The van der Waals surface area contributed by atoms with Crippen LogP contribution in [0.3, 0.4) is 0 Å². The fourth-order valence-electron chi connectivity index (χ4n) is 3.57. The largest absolute Gasteiger partial charge is 0.343 e. The van der Waals surface area contributed by atoms with Crippen LogP contribution in [0.4, 0.5) is 0 Å². The molecule has 1 fully saturated rings. The van der Waals surface area contributed by atoms with Gasteiger partial charge in [-0.05, 0) is 19.1 Å². The Bertz CT molecular complexity index is 705. The van der Waals surface area contributed by atoms with E-state index in [1.165, 1.54) is 11.1 Å². The molecule has 26 heavy (non-hydrogen) atoms. The molecular formula is C21H28ClN3O+2. The Morgan fingerprint density at radius 3 is 2.69 bits per heavy atom. The predicted molar refractivity (Wildman–Crippen MR) is 104 cm³/mol. The number of likely N-dealkylation sites (tertiary alicyclic amines) is 1. The number of carbonyl (C=O) groups is 1. The van der Waals surface area contributed by atoms with Gasteiger partial charge in [0.25, 0.3) is 5.91 Å². The van der Waals surface area contributed by atoms with E-state index in [0.717, 1.165) is 31.1 Å². The third-order valence-corrected chi connectivity index (χ3v) is 5.35. The highest BCUT2D eigenvalue weighted by Crippen LogP contribution is 2.13. The third-order valence-electron chi connectivity index (χ3n) is 5.10. The van der Waals surface area contributed by atoms with E-state index in [2.05, 4.69) is 41.8 Å². The number of hydrogen-bond acceptors (Lipinski definition) is 1. The van der Waals surface area contributed by atoms with Crippen LogP contribution >= 0.6 is 11.6 Å². The van der Waals surface area contributed by atoms with Crippen molar-refractivity contribution in [3.05, 3.63) is 70.7 Å². The number of nitrogens with two attached hydrogens (primary N) is 1. The van der Waals surface area contributed by atoms with Gasteiger partial charge in [-0.25, -0.2) is 0 Å². The summed E-state index contributed by atoms with van der Waals surface area (Å²) in [4.78, 5) is 13.8. The van der Waals surface area contributed by atoms with Crippen LogP contribution in [-0.4, -0.2) is 31.6 Å². The lowest BCUT2D eigenvalue weighted by molar-refractivity contribution is -0.901. The average molecular weight is 374 g/mol. The van der Waals surface area contributed by atoms with Crippen LogP contribution in [0.1, 0.15) is 30.5 Å². The number of benzene rings is 2. The molecule has 1 unspecified atom stereocenters. The quantitative estimate of drug-likeness (QED) is 0.664. The highest BCUT2D eigenvalue weighted by atomic mass is 35.5. The Labute approximate surface area is 160 Å². The van der Waals surface area contributed by atoms with Crippen molar-refractivity contribution in [3.8, 4) is 0 Å². The van der Waals surface area contributed by atoms with Gasteiger partial charge in [0, 0.05) is 22.6 Å². The van der Waals surface area contributed by atoms with E-state index in [1.54, 1.807) is 4.90 Å². The fourth-order valence-corrected chi connectivity index (χ4v) is 3.70. The van der Waals surface area contributed by atoms with E-state index >= 15 is 0 Å². The first kappa shape index (κ1) is 18.9. The van der Waals surface area contributed by atoms with E-state index in [0.29, 0.717) is 12.6 Å². The molecule has 4 nitrogen and oxygen atoms in total. The molecule has 0 radical (unpaired) electrons. The van der Waals surface area contributed by atoms with Gasteiger partial charge in [-0.15, -0.1) is 0 Å². The average Bonchev–Trinajstić information content (AvgIpc) is 3.08. The van der Waals surface area contributed by atoms with Crippen LogP contribution in [-0.2, 0) is 11.3 Å². The van der Waals surface area contributed by atoms with Crippen LogP contribution in [0, 0.1) is 0 Å². The highest BCUT2D eigenvalue weighted by molar-refractivity contribution is 6.30. The number of quaternary nitrogens is 2. The number of rotatable bonds is 7. The van der Waals surface area contributed by atoms with Crippen molar-refractivity contribution >= 4 is 17.5 Å². The van der Waals surface area contributed by atoms with Crippen LogP contribution in [0.25, 0.3) is 0 Å². The molecule has 1 saturated heterocycles. The van der Waals surface area contributed by atoms with E-state index in [-0.39, 0.29) is 11.9 Å². The van der Waals surface area contributed by atoms with Crippen molar-refractivity contribution in [1.82, 2.24) is 5.32 Å². The number of nitrogens with one attached hydrogen (secondary N) is 2. The Morgan fingerprint density at radius 2 is 1.96 bits per heavy atom. The second kappa shape index (κ2) is 9.17. The minimum atomic E-state index is 0.122. The van der Waals surface area contributed by atoms with Crippen LogP contribution < -0.4 is 15.5 Å². The van der Waals surface area contributed by atoms with Crippen molar-refractivity contribution in [2.75, 3.05) is 19.6 Å². The molecule has 1 aliphatic rings. The molecule has 2 aromatic carbocycles. The third kappa shape index (κ3) is 5.56. The maximum atomic E-state index is 12.3. The van der Waals surface area contributed by atoms with Crippen molar-refractivity contribution < 1.29 is 15.0 Å². The molecule has 0 bridgehead atoms. The maximum Gasteiger partial charge on any atom is 0.275 e. The Hall–Kier alpha value is -1.88. The second-order valence-corrected chi connectivity index (χ2v) is 7.64. The Kier molecular flexibility index (Phi) is 6.67. The zero-order chi connectivity index (χ0) is 18.4. The maximum absolute atomic E-state index is 12.3. The first-order valence-corrected chi connectivity index (χ1v) is 9.73. The van der Waals surface area contributed by atoms with Gasteiger partial charge in [0.15, 0.2) is 6.54 Å². The van der Waals surface area contributed by atoms with Gasteiger partial charge in [-0.1, -0.05) is 54.1 Å². The molecule has 1 amide bonds. The van der Waals surface area contributed by atoms with E-state index < -0.39 is 0 Å². The van der Waals surface area contributed by atoms with Gasteiger partial charge in [0.2, 0.25) is 0 Å². The van der Waals surface area contributed by atoms with Gasteiger partial charge in [0.05, 0.1) is 19.1 Å². The number of carbonyl (C=O) groups excluding carboxylic acids is 1.